The van der Waals surface area contributed by atoms with Crippen molar-refractivity contribution in [2.45, 2.75) is 46.1 Å². The third-order valence-corrected chi connectivity index (χ3v) is 3.50. The molecule has 0 aromatic carbocycles. The van der Waals surface area contributed by atoms with E-state index in [0.29, 0.717) is 6.54 Å². The summed E-state index contributed by atoms with van der Waals surface area (Å²) in [6, 6.07) is 2.28. The molecule has 1 heterocycles. The van der Waals surface area contributed by atoms with Crippen molar-refractivity contribution in [2.24, 2.45) is 5.73 Å². The molecule has 0 aliphatic heterocycles. The zero-order chi connectivity index (χ0) is 12.3. The quantitative estimate of drug-likeness (QED) is 0.848. The van der Waals surface area contributed by atoms with Crippen LogP contribution in [0, 0.1) is 0 Å². The molecule has 0 fully saturated rings. The lowest BCUT2D eigenvalue weighted by molar-refractivity contribution is 0.766. The molecule has 1 aliphatic rings. The van der Waals surface area contributed by atoms with Gasteiger partial charge in [0.15, 0.2) is 0 Å². The zero-order valence-corrected chi connectivity index (χ0v) is 11.0. The van der Waals surface area contributed by atoms with Crippen LogP contribution in [0.2, 0.25) is 0 Å². The number of hydrogen-bond donors (Lipinski definition) is 1. The molecule has 1 aromatic heterocycles. The smallest absolute Gasteiger partial charge is 0.133 e. The van der Waals surface area contributed by atoms with E-state index in [0.717, 1.165) is 31.7 Å². The van der Waals surface area contributed by atoms with E-state index in [9.17, 15) is 0 Å². The van der Waals surface area contributed by atoms with E-state index in [1.165, 1.54) is 29.7 Å². The van der Waals surface area contributed by atoms with Gasteiger partial charge in [0.05, 0.1) is 0 Å². The molecule has 1 aliphatic carbocycles. The van der Waals surface area contributed by atoms with Crippen molar-refractivity contribution in [2.75, 3.05) is 18.0 Å². The third kappa shape index (κ3) is 2.44. The molecule has 3 heteroatoms. The maximum Gasteiger partial charge on any atom is 0.133 e. The van der Waals surface area contributed by atoms with Gasteiger partial charge in [-0.3, -0.25) is 0 Å². The molecule has 0 bridgehead atoms. The van der Waals surface area contributed by atoms with Gasteiger partial charge in [0.1, 0.15) is 5.82 Å². The molecular formula is C14H23N3. The molecule has 0 unspecified atom stereocenters. The van der Waals surface area contributed by atoms with Gasteiger partial charge in [-0.1, -0.05) is 6.92 Å². The average molecular weight is 233 g/mol. The Bertz CT molecular complexity index is 387. The van der Waals surface area contributed by atoms with E-state index in [-0.39, 0.29) is 0 Å². The first kappa shape index (κ1) is 12.4. The lowest BCUT2D eigenvalue weighted by atomic mass is 10.1. The highest BCUT2D eigenvalue weighted by Gasteiger charge is 2.18. The lowest BCUT2D eigenvalue weighted by Gasteiger charge is -2.24. The molecule has 0 atom stereocenters. The van der Waals surface area contributed by atoms with Crippen molar-refractivity contribution >= 4 is 5.82 Å². The summed E-state index contributed by atoms with van der Waals surface area (Å²) in [6.07, 6.45) is 4.71. The summed E-state index contributed by atoms with van der Waals surface area (Å²) in [6.45, 7) is 7.06. The first-order valence-corrected chi connectivity index (χ1v) is 6.76. The highest BCUT2D eigenvalue weighted by Crippen LogP contribution is 2.27. The first-order valence-electron chi connectivity index (χ1n) is 6.76. The molecule has 1 aromatic rings. The van der Waals surface area contributed by atoms with Crippen LogP contribution < -0.4 is 10.6 Å². The molecule has 94 valence electrons. The lowest BCUT2D eigenvalue weighted by Crippen LogP contribution is -2.26. The second-order valence-electron chi connectivity index (χ2n) is 4.71. The summed E-state index contributed by atoms with van der Waals surface area (Å²) in [4.78, 5) is 7.21. The molecule has 0 radical (unpaired) electrons. The van der Waals surface area contributed by atoms with Gasteiger partial charge in [0.25, 0.3) is 0 Å². The van der Waals surface area contributed by atoms with Crippen LogP contribution in [0.25, 0.3) is 0 Å². The van der Waals surface area contributed by atoms with Crippen molar-refractivity contribution in [1.82, 2.24) is 4.98 Å². The molecule has 0 spiro atoms. The Morgan fingerprint density at radius 2 is 2.18 bits per heavy atom. The van der Waals surface area contributed by atoms with E-state index in [2.05, 4.69) is 24.8 Å². The normalized spacial score (nSPS) is 13.8. The Balaban J connectivity index is 2.37. The Labute approximate surface area is 104 Å². The number of aromatic nitrogens is 1. The van der Waals surface area contributed by atoms with Crippen LogP contribution in [0.1, 0.15) is 43.5 Å². The number of pyridine rings is 1. The van der Waals surface area contributed by atoms with Gasteiger partial charge in [0.2, 0.25) is 0 Å². The number of nitrogens with zero attached hydrogens (tertiary/aromatic N) is 2. The van der Waals surface area contributed by atoms with Gasteiger partial charge in [-0.25, -0.2) is 4.98 Å². The largest absolute Gasteiger partial charge is 0.357 e. The standard InChI is InChI=1S/C14H23N3/c1-3-8-17(4-2)14-12(10-15)9-11-6-5-7-13(11)16-14/h9H,3-8,10,15H2,1-2H3. The van der Waals surface area contributed by atoms with E-state index in [1.54, 1.807) is 0 Å². The average Bonchev–Trinajstić information content (AvgIpc) is 2.81. The molecule has 17 heavy (non-hydrogen) atoms. The molecule has 2 rings (SSSR count). The highest BCUT2D eigenvalue weighted by molar-refractivity contribution is 5.50. The fraction of sp³-hybridized carbons (Fsp3) is 0.643. The molecule has 0 saturated heterocycles. The minimum Gasteiger partial charge on any atom is -0.357 e. The van der Waals surface area contributed by atoms with Gasteiger partial charge in [0, 0.05) is 30.9 Å². The summed E-state index contributed by atoms with van der Waals surface area (Å²) in [5.41, 5.74) is 9.79. The van der Waals surface area contributed by atoms with E-state index in [4.69, 9.17) is 10.7 Å². The maximum absolute atomic E-state index is 5.87. The number of nitrogens with two attached hydrogens (primary N) is 1. The van der Waals surface area contributed by atoms with Crippen LogP contribution in [0.4, 0.5) is 5.82 Å². The molecule has 3 nitrogen and oxygen atoms in total. The summed E-state index contributed by atoms with van der Waals surface area (Å²) in [5, 5.41) is 0. The second-order valence-corrected chi connectivity index (χ2v) is 4.71. The van der Waals surface area contributed by atoms with Gasteiger partial charge in [-0.2, -0.15) is 0 Å². The molecular weight excluding hydrogens is 210 g/mol. The monoisotopic (exact) mass is 233 g/mol. The predicted molar refractivity (Wildman–Crippen MR) is 72.3 cm³/mol. The van der Waals surface area contributed by atoms with Crippen LogP contribution in [-0.4, -0.2) is 18.1 Å². The highest BCUT2D eigenvalue weighted by atomic mass is 15.2. The fourth-order valence-corrected chi connectivity index (χ4v) is 2.62. The van der Waals surface area contributed by atoms with Crippen molar-refractivity contribution in [3.05, 3.63) is 22.9 Å². The molecule has 2 N–H and O–H groups in total. The van der Waals surface area contributed by atoms with Crippen LogP contribution >= 0.6 is 0 Å². The fourth-order valence-electron chi connectivity index (χ4n) is 2.62. The zero-order valence-electron chi connectivity index (χ0n) is 11.0. The van der Waals surface area contributed by atoms with E-state index >= 15 is 0 Å². The third-order valence-electron chi connectivity index (χ3n) is 3.50. The van der Waals surface area contributed by atoms with Crippen LogP contribution in [0.5, 0.6) is 0 Å². The first-order chi connectivity index (χ1) is 8.30. The minimum atomic E-state index is 0.593. The van der Waals surface area contributed by atoms with E-state index in [1.807, 2.05) is 0 Å². The van der Waals surface area contributed by atoms with Crippen molar-refractivity contribution < 1.29 is 0 Å². The maximum atomic E-state index is 5.87. The SMILES string of the molecule is CCCN(CC)c1nc2c(cc1CN)CCC2. The van der Waals surface area contributed by atoms with Gasteiger partial charge in [-0.05, 0) is 44.2 Å². The van der Waals surface area contributed by atoms with Crippen molar-refractivity contribution in [1.29, 1.82) is 0 Å². The van der Waals surface area contributed by atoms with Crippen LogP contribution in [0.3, 0.4) is 0 Å². The Kier molecular flexibility index (Phi) is 4.00. The van der Waals surface area contributed by atoms with Crippen molar-refractivity contribution in [3.63, 3.8) is 0 Å². The molecule has 0 amide bonds. The van der Waals surface area contributed by atoms with Gasteiger partial charge < -0.3 is 10.6 Å². The predicted octanol–water partition coefficient (Wildman–Crippen LogP) is 2.27. The summed E-state index contributed by atoms with van der Waals surface area (Å²) >= 11 is 0. The minimum absolute atomic E-state index is 0.593. The van der Waals surface area contributed by atoms with Crippen LogP contribution in [-0.2, 0) is 19.4 Å². The number of fused-ring (bicyclic) bond motifs is 1. The van der Waals surface area contributed by atoms with Crippen molar-refractivity contribution in [3.8, 4) is 0 Å². The summed E-state index contributed by atoms with van der Waals surface area (Å²) < 4.78 is 0. The Morgan fingerprint density at radius 3 is 2.82 bits per heavy atom. The Morgan fingerprint density at radius 1 is 1.35 bits per heavy atom. The van der Waals surface area contributed by atoms with Gasteiger partial charge >= 0.3 is 0 Å². The van der Waals surface area contributed by atoms with Crippen LogP contribution in [0.15, 0.2) is 6.07 Å². The summed E-state index contributed by atoms with van der Waals surface area (Å²) in [5.74, 6) is 1.12. The number of hydrogen-bond acceptors (Lipinski definition) is 3. The number of anilines is 1. The topological polar surface area (TPSA) is 42.2 Å². The second kappa shape index (κ2) is 5.50. The number of rotatable bonds is 5. The van der Waals surface area contributed by atoms with E-state index < -0.39 is 0 Å². The molecule has 0 saturated carbocycles. The number of aryl methyl sites for hydroxylation is 2. The summed E-state index contributed by atoms with van der Waals surface area (Å²) in [7, 11) is 0. The van der Waals surface area contributed by atoms with Gasteiger partial charge in [-0.15, -0.1) is 0 Å². The Hall–Kier alpha value is -1.09.